The van der Waals surface area contributed by atoms with Crippen LogP contribution in [0.2, 0.25) is 5.02 Å². The molecule has 1 amide bonds. The number of thioether (sulfide) groups is 1. The Bertz CT molecular complexity index is 587. The first kappa shape index (κ1) is 14.9. The lowest BCUT2D eigenvalue weighted by atomic mass is 10.2. The maximum absolute atomic E-state index is 11.8. The van der Waals surface area contributed by atoms with Crippen LogP contribution in [0.4, 0.5) is 5.69 Å². The van der Waals surface area contributed by atoms with Crippen molar-refractivity contribution in [1.82, 2.24) is 0 Å². The van der Waals surface area contributed by atoms with E-state index in [4.69, 9.17) is 16.7 Å². The molecule has 0 heterocycles. The van der Waals surface area contributed by atoms with Gasteiger partial charge in [0.05, 0.1) is 12.4 Å². The summed E-state index contributed by atoms with van der Waals surface area (Å²) < 4.78 is 0. The van der Waals surface area contributed by atoms with Gasteiger partial charge in [0.2, 0.25) is 5.91 Å². The van der Waals surface area contributed by atoms with Crippen molar-refractivity contribution < 1.29 is 9.90 Å². The predicted octanol–water partition coefficient (Wildman–Crippen LogP) is 3.56. The summed E-state index contributed by atoms with van der Waals surface area (Å²) in [7, 11) is 0. The molecule has 0 aromatic heterocycles. The van der Waals surface area contributed by atoms with E-state index in [1.54, 1.807) is 24.3 Å². The van der Waals surface area contributed by atoms with E-state index in [0.717, 1.165) is 16.1 Å². The maximum atomic E-state index is 11.8. The second-order valence-corrected chi connectivity index (χ2v) is 5.63. The van der Waals surface area contributed by atoms with Crippen LogP contribution in [0.15, 0.2) is 53.4 Å². The summed E-state index contributed by atoms with van der Waals surface area (Å²) in [4.78, 5) is 12.8. The van der Waals surface area contributed by atoms with Crippen molar-refractivity contribution in [1.29, 1.82) is 0 Å². The zero-order chi connectivity index (χ0) is 14.4. The lowest BCUT2D eigenvalue weighted by Gasteiger charge is -2.06. The molecule has 2 aromatic rings. The molecule has 0 spiro atoms. The number of halogens is 1. The van der Waals surface area contributed by atoms with Gasteiger partial charge in [-0.25, -0.2) is 0 Å². The van der Waals surface area contributed by atoms with Gasteiger partial charge in [0, 0.05) is 15.6 Å². The Morgan fingerprint density at radius 3 is 2.65 bits per heavy atom. The Labute approximate surface area is 127 Å². The zero-order valence-electron chi connectivity index (χ0n) is 10.7. The standard InChI is InChI=1S/C15H14ClNO2S/c16-12-4-6-13(7-5-12)17-15(19)10-20-14-3-1-2-11(8-14)9-18/h1-8,18H,9-10H2,(H,17,19). The lowest BCUT2D eigenvalue weighted by Crippen LogP contribution is -2.13. The van der Waals surface area contributed by atoms with Crippen LogP contribution in [0.3, 0.4) is 0 Å². The van der Waals surface area contributed by atoms with E-state index in [1.165, 1.54) is 11.8 Å². The van der Waals surface area contributed by atoms with Crippen LogP contribution in [0.25, 0.3) is 0 Å². The Balaban J connectivity index is 1.87. The molecule has 2 N–H and O–H groups in total. The van der Waals surface area contributed by atoms with E-state index in [2.05, 4.69) is 5.32 Å². The largest absolute Gasteiger partial charge is 0.392 e. The summed E-state index contributed by atoms with van der Waals surface area (Å²) in [6.07, 6.45) is 0. The van der Waals surface area contributed by atoms with E-state index in [1.807, 2.05) is 24.3 Å². The maximum Gasteiger partial charge on any atom is 0.234 e. The quantitative estimate of drug-likeness (QED) is 0.830. The minimum atomic E-state index is -0.0771. The number of nitrogens with one attached hydrogen (secondary N) is 1. The van der Waals surface area contributed by atoms with Crippen molar-refractivity contribution in [2.24, 2.45) is 0 Å². The number of carbonyl (C=O) groups is 1. The number of aliphatic hydroxyl groups excluding tert-OH is 1. The smallest absolute Gasteiger partial charge is 0.234 e. The van der Waals surface area contributed by atoms with Gasteiger partial charge in [0.25, 0.3) is 0 Å². The molecule has 0 fully saturated rings. The molecule has 0 aliphatic heterocycles. The second-order valence-electron chi connectivity index (χ2n) is 4.15. The number of rotatable bonds is 5. The fourth-order valence-corrected chi connectivity index (χ4v) is 2.52. The van der Waals surface area contributed by atoms with Crippen LogP contribution in [0, 0.1) is 0 Å². The highest BCUT2D eigenvalue weighted by atomic mass is 35.5. The monoisotopic (exact) mass is 307 g/mol. The normalized spacial score (nSPS) is 10.3. The number of hydrogen-bond acceptors (Lipinski definition) is 3. The molecule has 2 rings (SSSR count). The summed E-state index contributed by atoms with van der Waals surface area (Å²) in [6, 6.07) is 14.5. The van der Waals surface area contributed by atoms with Gasteiger partial charge in [-0.1, -0.05) is 23.7 Å². The minimum Gasteiger partial charge on any atom is -0.392 e. The number of carbonyl (C=O) groups excluding carboxylic acids is 1. The van der Waals surface area contributed by atoms with Gasteiger partial charge in [0.1, 0.15) is 0 Å². The third-order valence-corrected chi connectivity index (χ3v) is 3.82. The third kappa shape index (κ3) is 4.56. The SMILES string of the molecule is O=C(CSc1cccc(CO)c1)Nc1ccc(Cl)cc1. The fraction of sp³-hybridized carbons (Fsp3) is 0.133. The minimum absolute atomic E-state index is 0.00533. The predicted molar refractivity (Wildman–Crippen MR) is 83.2 cm³/mol. The summed E-state index contributed by atoms with van der Waals surface area (Å²) in [5.74, 6) is 0.240. The molecule has 2 aromatic carbocycles. The topological polar surface area (TPSA) is 49.3 Å². The van der Waals surface area contributed by atoms with Crippen LogP contribution in [0.1, 0.15) is 5.56 Å². The molecule has 0 saturated carbocycles. The molecule has 0 aliphatic rings. The molecule has 3 nitrogen and oxygen atoms in total. The van der Waals surface area contributed by atoms with E-state index in [-0.39, 0.29) is 12.5 Å². The Kier molecular flexibility index (Phi) is 5.47. The summed E-state index contributed by atoms with van der Waals surface area (Å²) in [5, 5.41) is 12.5. The summed E-state index contributed by atoms with van der Waals surface area (Å²) in [5.41, 5.74) is 1.57. The molecule has 0 atom stereocenters. The highest BCUT2D eigenvalue weighted by Gasteiger charge is 2.04. The molecule has 104 valence electrons. The van der Waals surface area contributed by atoms with E-state index in [9.17, 15) is 4.79 Å². The van der Waals surface area contributed by atoms with Crippen molar-refractivity contribution in [2.45, 2.75) is 11.5 Å². The molecule has 0 bridgehead atoms. The van der Waals surface area contributed by atoms with Crippen LogP contribution >= 0.6 is 23.4 Å². The van der Waals surface area contributed by atoms with Crippen molar-refractivity contribution in [2.75, 3.05) is 11.1 Å². The Morgan fingerprint density at radius 2 is 1.95 bits per heavy atom. The Hall–Kier alpha value is -1.49. The molecule has 5 heteroatoms. The van der Waals surface area contributed by atoms with Gasteiger partial charge in [-0.15, -0.1) is 11.8 Å². The molecule has 20 heavy (non-hydrogen) atoms. The first-order valence-electron chi connectivity index (χ1n) is 6.05. The average Bonchev–Trinajstić information content (AvgIpc) is 2.48. The van der Waals surface area contributed by atoms with E-state index in [0.29, 0.717) is 10.8 Å². The lowest BCUT2D eigenvalue weighted by molar-refractivity contribution is -0.113. The van der Waals surface area contributed by atoms with Crippen molar-refractivity contribution in [3.8, 4) is 0 Å². The fourth-order valence-electron chi connectivity index (χ4n) is 1.61. The van der Waals surface area contributed by atoms with Gasteiger partial charge in [-0.3, -0.25) is 4.79 Å². The van der Waals surface area contributed by atoms with Crippen molar-refractivity contribution >= 4 is 35.0 Å². The summed E-state index contributed by atoms with van der Waals surface area (Å²) in [6.45, 7) is 0.00533. The third-order valence-electron chi connectivity index (χ3n) is 2.58. The van der Waals surface area contributed by atoms with E-state index < -0.39 is 0 Å². The number of benzene rings is 2. The highest BCUT2D eigenvalue weighted by Crippen LogP contribution is 2.20. The number of hydrogen-bond donors (Lipinski definition) is 2. The van der Waals surface area contributed by atoms with Gasteiger partial charge in [0.15, 0.2) is 0 Å². The Morgan fingerprint density at radius 1 is 1.20 bits per heavy atom. The van der Waals surface area contributed by atoms with Crippen molar-refractivity contribution in [3.05, 3.63) is 59.1 Å². The van der Waals surface area contributed by atoms with Crippen LogP contribution in [-0.4, -0.2) is 16.8 Å². The second kappa shape index (κ2) is 7.33. The molecule has 0 aliphatic carbocycles. The zero-order valence-corrected chi connectivity index (χ0v) is 12.2. The average molecular weight is 308 g/mol. The molecular formula is C15H14ClNO2S. The molecule has 0 radical (unpaired) electrons. The number of amides is 1. The molecule has 0 saturated heterocycles. The number of aliphatic hydroxyl groups is 1. The number of anilines is 1. The van der Waals surface area contributed by atoms with Crippen LogP contribution < -0.4 is 5.32 Å². The molecular weight excluding hydrogens is 294 g/mol. The van der Waals surface area contributed by atoms with Gasteiger partial charge >= 0.3 is 0 Å². The van der Waals surface area contributed by atoms with Gasteiger partial charge in [-0.2, -0.15) is 0 Å². The molecule has 0 unspecified atom stereocenters. The van der Waals surface area contributed by atoms with Gasteiger partial charge in [-0.05, 0) is 42.0 Å². The first-order chi connectivity index (χ1) is 9.67. The first-order valence-corrected chi connectivity index (χ1v) is 7.42. The van der Waals surface area contributed by atoms with E-state index >= 15 is 0 Å². The van der Waals surface area contributed by atoms with Crippen LogP contribution in [0.5, 0.6) is 0 Å². The van der Waals surface area contributed by atoms with Gasteiger partial charge < -0.3 is 10.4 Å². The summed E-state index contributed by atoms with van der Waals surface area (Å²) >= 11 is 7.21. The van der Waals surface area contributed by atoms with Crippen LogP contribution in [-0.2, 0) is 11.4 Å². The van der Waals surface area contributed by atoms with Crippen molar-refractivity contribution in [3.63, 3.8) is 0 Å². The highest BCUT2D eigenvalue weighted by molar-refractivity contribution is 8.00.